The SMILES string of the molecule is CC(=O)N[C@H]1[C@@H](O[C@H]2[C@H](O[C@H]3[C@H](O[C@@H]4O[C@H](CO)[C@@H](O)[C@H](O)[C@H]4O)[C@@H](O)[C@@H](O)O[C@@H]3CO[C@@H]3O[C@H](CO)[C@@H](O)[C@H](O)[C@H]3O[C@H]3O[C@H](CO)[C@@H](O[C@@H]4O[C@H](CO)[C@H](O[C@H]5O[C@H](CO)[C@H](O)[C@H](O)[C@H]5O)[C@H](O)[C@H]4O)[C@H](O)[C@H]3O)O[C@H](CO)[C@@H](O)[C@@H]2O)O[C@H](CO)[C@@H](O[C@@H]2O[C@H](CO)[C@H](O)[C@H](O)[C@H]2O)[C@@H]1O. The predicted octanol–water partition coefficient (Wildman–Crippen LogP) is -20.5. The molecular formula is C56H95NO46. The molecular weight excluding hydrogens is 1420 g/mol. The van der Waals surface area contributed by atoms with Crippen molar-refractivity contribution in [3.63, 3.8) is 0 Å². The standard InChI is InChI=1S/C56H95NO46/c1-11(66)57-21-27(72)41(97-50-35(80)28(73)22(67)12(2-58)89-50)17(7-63)94-49(21)102-47-32(77)26(71)16(6-62)93-56(47)100-44-20(88-48(86)40(85)45(44)101-52-37(82)30(75)24(69)14(4-60)91-52)10-87-55-46(31(76)25(70)15(5-61)92-55)103-54-39(84)34(79)43(19(9-65)96-54)99-53-38(83)33(78)42(18(8-64)95-53)98-51-36(81)29(74)23(68)13(3-59)90-51/h12-56,58-65,67-86H,2-10H2,1H3,(H,57,66)/t12-,13-,14-,15-,16-,17-,18-,19-,20-,21-,22+,23+,24-,25-,26-,27-,28+,29+,30+,31+,32+,33-,34-,35-,36-,37-,38-,39-,40-,41-,42+,43-,44-,45-,46-,47-,48+,49-,50+,51-,52+,53+,54-,55-,56+/m1/s1. The zero-order chi connectivity index (χ0) is 75.6. The summed E-state index contributed by atoms with van der Waals surface area (Å²) in [6, 6.07) is -1.93. The van der Waals surface area contributed by atoms with Crippen molar-refractivity contribution in [3.8, 4) is 0 Å². The summed E-state index contributed by atoms with van der Waals surface area (Å²) in [5, 5.41) is 306. The van der Waals surface area contributed by atoms with Gasteiger partial charge >= 0.3 is 0 Å². The first-order valence-electron chi connectivity index (χ1n) is 32.7. The topological polar surface area (TPSA) is 752 Å². The predicted molar refractivity (Wildman–Crippen MR) is 309 cm³/mol. The maximum Gasteiger partial charge on any atom is 0.217 e. The van der Waals surface area contributed by atoms with E-state index in [1.54, 1.807) is 0 Å². The van der Waals surface area contributed by atoms with E-state index in [9.17, 15) is 148 Å². The van der Waals surface area contributed by atoms with Crippen molar-refractivity contribution in [2.75, 3.05) is 59.5 Å². The Hall–Kier alpha value is -2.33. The van der Waals surface area contributed by atoms with Crippen LogP contribution >= 0.6 is 0 Å². The number of carbonyl (C=O) groups is 1. The summed E-state index contributed by atoms with van der Waals surface area (Å²) in [6.45, 7) is -8.77. The summed E-state index contributed by atoms with van der Waals surface area (Å²) in [5.74, 6) is -0.946. The lowest BCUT2D eigenvalue weighted by atomic mass is 9.94. The largest absolute Gasteiger partial charge is 0.394 e. The van der Waals surface area contributed by atoms with Gasteiger partial charge in [-0.05, 0) is 0 Å². The molecule has 47 nitrogen and oxygen atoms in total. The fraction of sp³-hybridized carbons (Fsp3) is 0.982. The maximum atomic E-state index is 12.8. The molecule has 9 aliphatic rings. The Labute approximate surface area is 581 Å². The van der Waals surface area contributed by atoms with Crippen LogP contribution in [0.2, 0.25) is 0 Å². The highest BCUT2D eigenvalue weighted by molar-refractivity contribution is 5.73. The number of amides is 1. The lowest BCUT2D eigenvalue weighted by molar-refractivity contribution is -0.404. The van der Waals surface area contributed by atoms with Crippen molar-refractivity contribution in [1.29, 1.82) is 0 Å². The molecule has 0 radical (unpaired) electrons. The second-order valence-electron chi connectivity index (χ2n) is 26.0. The normalized spacial score (nSPS) is 52.4. The molecule has 600 valence electrons. The second-order valence-corrected chi connectivity index (χ2v) is 26.0. The van der Waals surface area contributed by atoms with Gasteiger partial charge in [-0.1, -0.05) is 0 Å². The van der Waals surface area contributed by atoms with Crippen LogP contribution < -0.4 is 5.32 Å². The Balaban J connectivity index is 0.977. The van der Waals surface area contributed by atoms with Crippen molar-refractivity contribution in [3.05, 3.63) is 0 Å². The molecule has 29 N–H and O–H groups in total. The van der Waals surface area contributed by atoms with Crippen LogP contribution in [-0.4, -0.2) is 485 Å². The molecule has 0 bridgehead atoms. The summed E-state index contributed by atoms with van der Waals surface area (Å²) in [5.41, 5.74) is 0. The van der Waals surface area contributed by atoms with E-state index < -0.39 is 342 Å². The van der Waals surface area contributed by atoms with Gasteiger partial charge in [0.1, 0.15) is 220 Å². The summed E-state index contributed by atoms with van der Waals surface area (Å²) < 4.78 is 98.5. The number of nitrogens with one attached hydrogen (secondary N) is 1. The van der Waals surface area contributed by atoms with Crippen LogP contribution in [0.5, 0.6) is 0 Å². The number of rotatable bonds is 26. The van der Waals surface area contributed by atoms with E-state index in [1.807, 2.05) is 0 Å². The molecule has 9 aliphatic heterocycles. The molecule has 9 fully saturated rings. The van der Waals surface area contributed by atoms with Gasteiger partial charge in [0.2, 0.25) is 5.91 Å². The van der Waals surface area contributed by atoms with Crippen LogP contribution in [0.4, 0.5) is 0 Å². The molecule has 0 aromatic carbocycles. The Morgan fingerprint density at radius 2 is 0.515 bits per heavy atom. The fourth-order valence-electron chi connectivity index (χ4n) is 13.2. The molecule has 9 saturated heterocycles. The van der Waals surface area contributed by atoms with E-state index in [1.165, 1.54) is 0 Å². The number of aliphatic hydroxyl groups is 28. The Morgan fingerprint density at radius 3 is 0.883 bits per heavy atom. The van der Waals surface area contributed by atoms with Gasteiger partial charge < -0.3 is 229 Å². The monoisotopic (exact) mass is 1520 g/mol. The lowest BCUT2D eigenvalue weighted by Gasteiger charge is -2.51. The smallest absolute Gasteiger partial charge is 0.217 e. The highest BCUT2D eigenvalue weighted by atomic mass is 16.8. The molecule has 0 spiro atoms. The lowest BCUT2D eigenvalue weighted by Crippen LogP contribution is -2.70. The fourth-order valence-corrected chi connectivity index (χ4v) is 13.2. The third-order valence-electron chi connectivity index (χ3n) is 19.2. The van der Waals surface area contributed by atoms with Gasteiger partial charge in [0, 0.05) is 6.92 Å². The molecule has 103 heavy (non-hydrogen) atoms. The first-order chi connectivity index (χ1) is 48.8. The molecule has 0 aromatic rings. The van der Waals surface area contributed by atoms with E-state index >= 15 is 0 Å². The number of aliphatic hydroxyl groups excluding tert-OH is 28. The Bertz CT molecular complexity index is 2580. The molecule has 0 aromatic heterocycles. The van der Waals surface area contributed by atoms with Gasteiger partial charge in [-0.2, -0.15) is 0 Å². The van der Waals surface area contributed by atoms with Crippen molar-refractivity contribution < 1.29 is 228 Å². The average molecular weight is 1520 g/mol. The number of ether oxygens (including phenoxy) is 17. The highest BCUT2D eigenvalue weighted by Crippen LogP contribution is 2.40. The zero-order valence-electron chi connectivity index (χ0n) is 54.2. The molecule has 9 rings (SSSR count). The minimum Gasteiger partial charge on any atom is -0.394 e. The summed E-state index contributed by atoms with van der Waals surface area (Å²) in [6.07, 6.45) is -91.8. The second kappa shape index (κ2) is 36.7. The van der Waals surface area contributed by atoms with E-state index in [2.05, 4.69) is 5.32 Å². The van der Waals surface area contributed by atoms with Gasteiger partial charge in [-0.3, -0.25) is 4.79 Å². The third kappa shape index (κ3) is 17.9. The molecule has 0 aliphatic carbocycles. The first kappa shape index (κ1) is 84.7. The summed E-state index contributed by atoms with van der Waals surface area (Å²) in [7, 11) is 0. The molecule has 45 atom stereocenters. The van der Waals surface area contributed by atoms with E-state index in [4.69, 9.17) is 80.5 Å². The minimum absolute atomic E-state index is 0.893. The third-order valence-corrected chi connectivity index (χ3v) is 19.2. The van der Waals surface area contributed by atoms with Crippen molar-refractivity contribution in [2.45, 2.75) is 283 Å². The summed E-state index contributed by atoms with van der Waals surface area (Å²) >= 11 is 0. The maximum absolute atomic E-state index is 12.8. The quantitative estimate of drug-likeness (QED) is 0.0382. The number of hydrogen-bond donors (Lipinski definition) is 29. The Morgan fingerprint density at radius 1 is 0.252 bits per heavy atom. The number of hydrogen-bond acceptors (Lipinski definition) is 46. The van der Waals surface area contributed by atoms with Crippen LogP contribution in [0.15, 0.2) is 0 Å². The molecule has 0 unspecified atom stereocenters. The van der Waals surface area contributed by atoms with Crippen molar-refractivity contribution >= 4 is 5.91 Å². The minimum atomic E-state index is -2.48. The first-order valence-corrected chi connectivity index (χ1v) is 32.7. The summed E-state index contributed by atoms with van der Waals surface area (Å²) in [4.78, 5) is 12.8. The van der Waals surface area contributed by atoms with Crippen LogP contribution in [0.25, 0.3) is 0 Å². The van der Waals surface area contributed by atoms with E-state index in [0.29, 0.717) is 0 Å². The van der Waals surface area contributed by atoms with Gasteiger partial charge in [0.05, 0.1) is 59.5 Å². The van der Waals surface area contributed by atoms with Gasteiger partial charge in [0.15, 0.2) is 56.6 Å². The van der Waals surface area contributed by atoms with Gasteiger partial charge in [-0.15, -0.1) is 0 Å². The molecule has 47 heteroatoms. The van der Waals surface area contributed by atoms with Crippen molar-refractivity contribution in [2.24, 2.45) is 0 Å². The molecule has 0 saturated carbocycles. The van der Waals surface area contributed by atoms with Gasteiger partial charge in [-0.25, -0.2) is 0 Å². The van der Waals surface area contributed by atoms with Crippen LogP contribution in [0.1, 0.15) is 6.92 Å². The number of carbonyl (C=O) groups excluding carboxylic acids is 1. The molecule has 9 heterocycles. The zero-order valence-corrected chi connectivity index (χ0v) is 54.2. The van der Waals surface area contributed by atoms with Crippen LogP contribution in [-0.2, 0) is 85.3 Å². The molecule has 1 amide bonds. The van der Waals surface area contributed by atoms with Crippen molar-refractivity contribution in [1.82, 2.24) is 5.32 Å². The van der Waals surface area contributed by atoms with E-state index in [-0.39, 0.29) is 0 Å². The Kier molecular flexibility index (Phi) is 30.2. The van der Waals surface area contributed by atoms with E-state index in [0.717, 1.165) is 6.92 Å². The van der Waals surface area contributed by atoms with Crippen LogP contribution in [0, 0.1) is 0 Å². The average Bonchev–Trinajstić information content (AvgIpc) is 0.771. The van der Waals surface area contributed by atoms with Gasteiger partial charge in [0.25, 0.3) is 0 Å². The highest BCUT2D eigenvalue weighted by Gasteiger charge is 2.61. The van der Waals surface area contributed by atoms with Crippen LogP contribution in [0.3, 0.4) is 0 Å².